The van der Waals surface area contributed by atoms with Gasteiger partial charge in [0.1, 0.15) is 0 Å². The maximum Gasteiger partial charge on any atom is 0.00459 e. The summed E-state index contributed by atoms with van der Waals surface area (Å²) in [6.07, 6.45) is 2.89. The van der Waals surface area contributed by atoms with Gasteiger partial charge in [-0.3, -0.25) is 0 Å². The molecule has 0 aromatic rings. The summed E-state index contributed by atoms with van der Waals surface area (Å²) in [4.78, 5) is 2.47. The summed E-state index contributed by atoms with van der Waals surface area (Å²) >= 11 is 0. The van der Waals surface area contributed by atoms with Crippen LogP contribution in [0.3, 0.4) is 0 Å². The van der Waals surface area contributed by atoms with Gasteiger partial charge in [-0.25, -0.2) is 0 Å². The van der Waals surface area contributed by atoms with Gasteiger partial charge in [0.05, 0.1) is 0 Å². The lowest BCUT2D eigenvalue weighted by Gasteiger charge is -2.32. The van der Waals surface area contributed by atoms with Crippen LogP contribution >= 0.6 is 7.92 Å². The summed E-state index contributed by atoms with van der Waals surface area (Å²) in [5.41, 5.74) is 1.02. The lowest BCUT2D eigenvalue weighted by Crippen LogP contribution is -2.34. The fraction of sp³-hybridized carbons (Fsp3) is 1.00. The number of rotatable bonds is 1. The smallest absolute Gasteiger partial charge is 0.00459 e. The lowest BCUT2D eigenvalue weighted by molar-refractivity contribution is 0.281. The van der Waals surface area contributed by atoms with Crippen molar-refractivity contribution in [1.29, 1.82) is 0 Å². The SMILES string of the molecule is CN1CCCC(P(C)C)C1. The minimum absolute atomic E-state index is 0.313. The molecule has 10 heavy (non-hydrogen) atoms. The van der Waals surface area contributed by atoms with Gasteiger partial charge in [-0.15, -0.1) is 7.92 Å². The molecular formula is C8H18NP. The van der Waals surface area contributed by atoms with E-state index in [0.717, 1.165) is 5.66 Å². The van der Waals surface area contributed by atoms with Crippen LogP contribution in [0.4, 0.5) is 0 Å². The Bertz CT molecular complexity index is 103. The Balaban J connectivity index is 2.32. The van der Waals surface area contributed by atoms with E-state index < -0.39 is 0 Å². The van der Waals surface area contributed by atoms with Crippen molar-refractivity contribution in [1.82, 2.24) is 4.90 Å². The van der Waals surface area contributed by atoms with Crippen LogP contribution < -0.4 is 0 Å². The van der Waals surface area contributed by atoms with Crippen molar-refractivity contribution in [3.05, 3.63) is 0 Å². The van der Waals surface area contributed by atoms with Gasteiger partial charge < -0.3 is 4.90 Å². The third kappa shape index (κ3) is 2.21. The molecule has 2 heteroatoms. The lowest BCUT2D eigenvalue weighted by atomic mass is 10.1. The van der Waals surface area contributed by atoms with E-state index in [1.807, 2.05) is 0 Å². The van der Waals surface area contributed by atoms with Gasteiger partial charge in [0.25, 0.3) is 0 Å². The highest BCUT2D eigenvalue weighted by atomic mass is 31.1. The van der Waals surface area contributed by atoms with Gasteiger partial charge in [0, 0.05) is 6.54 Å². The molecule has 1 unspecified atom stereocenters. The first-order chi connectivity index (χ1) is 4.70. The maximum absolute atomic E-state index is 2.47. The van der Waals surface area contributed by atoms with Gasteiger partial charge in [-0.1, -0.05) is 0 Å². The molecule has 0 N–H and O–H groups in total. The van der Waals surface area contributed by atoms with Gasteiger partial charge in [-0.2, -0.15) is 0 Å². The fourth-order valence-electron chi connectivity index (χ4n) is 1.56. The van der Waals surface area contributed by atoms with E-state index in [9.17, 15) is 0 Å². The highest BCUT2D eigenvalue weighted by Crippen LogP contribution is 2.37. The molecule has 1 saturated heterocycles. The van der Waals surface area contributed by atoms with E-state index in [-0.39, 0.29) is 0 Å². The maximum atomic E-state index is 2.47. The molecule has 1 aliphatic rings. The van der Waals surface area contributed by atoms with Crippen molar-refractivity contribution in [3.63, 3.8) is 0 Å². The second-order valence-electron chi connectivity index (χ2n) is 3.52. The Labute approximate surface area is 65.5 Å². The molecule has 0 saturated carbocycles. The average molecular weight is 159 g/mol. The summed E-state index contributed by atoms with van der Waals surface area (Å²) in [6, 6.07) is 0. The third-order valence-electron chi connectivity index (χ3n) is 2.33. The molecule has 1 heterocycles. The Kier molecular flexibility index (Phi) is 3.13. The van der Waals surface area contributed by atoms with E-state index in [2.05, 4.69) is 25.3 Å². The van der Waals surface area contributed by atoms with E-state index in [0.29, 0.717) is 7.92 Å². The molecule has 1 nitrogen and oxygen atoms in total. The van der Waals surface area contributed by atoms with Crippen LogP contribution in [0.2, 0.25) is 0 Å². The van der Waals surface area contributed by atoms with Crippen LogP contribution in [0.25, 0.3) is 0 Å². The van der Waals surface area contributed by atoms with Crippen LogP contribution in [0.1, 0.15) is 12.8 Å². The van der Waals surface area contributed by atoms with Crippen molar-refractivity contribution >= 4 is 7.92 Å². The Morgan fingerprint density at radius 3 is 2.50 bits per heavy atom. The van der Waals surface area contributed by atoms with Crippen molar-refractivity contribution in [2.45, 2.75) is 18.5 Å². The normalized spacial score (nSPS) is 29.4. The second kappa shape index (κ2) is 3.69. The van der Waals surface area contributed by atoms with Crippen LogP contribution in [0, 0.1) is 0 Å². The molecule has 0 amide bonds. The van der Waals surface area contributed by atoms with Crippen molar-refractivity contribution in [2.75, 3.05) is 33.5 Å². The first-order valence-electron chi connectivity index (χ1n) is 4.05. The molecule has 1 atom stereocenters. The van der Waals surface area contributed by atoms with E-state index in [1.54, 1.807) is 0 Å². The van der Waals surface area contributed by atoms with Gasteiger partial charge >= 0.3 is 0 Å². The van der Waals surface area contributed by atoms with Crippen LogP contribution in [-0.4, -0.2) is 44.0 Å². The number of hydrogen-bond donors (Lipinski definition) is 0. The summed E-state index contributed by atoms with van der Waals surface area (Å²) < 4.78 is 0. The predicted molar refractivity (Wildman–Crippen MR) is 49.3 cm³/mol. The Hall–Kier alpha value is 0.390. The van der Waals surface area contributed by atoms with Crippen LogP contribution in [0.5, 0.6) is 0 Å². The largest absolute Gasteiger partial charge is 0.306 e. The Morgan fingerprint density at radius 2 is 2.10 bits per heavy atom. The van der Waals surface area contributed by atoms with Crippen molar-refractivity contribution in [3.8, 4) is 0 Å². The van der Waals surface area contributed by atoms with Crippen molar-refractivity contribution in [2.24, 2.45) is 0 Å². The summed E-state index contributed by atoms with van der Waals surface area (Å²) in [5.74, 6) is 0. The van der Waals surface area contributed by atoms with Crippen molar-refractivity contribution < 1.29 is 0 Å². The molecule has 1 aliphatic heterocycles. The quantitative estimate of drug-likeness (QED) is 0.527. The molecule has 0 aromatic heterocycles. The molecule has 0 aromatic carbocycles. The topological polar surface area (TPSA) is 3.24 Å². The number of likely N-dealkylation sites (tertiary alicyclic amines) is 1. The fourth-order valence-corrected chi connectivity index (χ4v) is 2.87. The molecule has 0 bridgehead atoms. The zero-order valence-electron chi connectivity index (χ0n) is 7.30. The standard InChI is InChI=1S/C8H18NP/c1-9-6-4-5-8(7-9)10(2)3/h8H,4-7H2,1-3H3. The minimum atomic E-state index is 0.313. The van der Waals surface area contributed by atoms with E-state index in [4.69, 9.17) is 0 Å². The highest BCUT2D eigenvalue weighted by molar-refractivity contribution is 7.56. The molecule has 1 fully saturated rings. The number of hydrogen-bond acceptors (Lipinski definition) is 1. The number of nitrogens with zero attached hydrogens (tertiary/aromatic N) is 1. The summed E-state index contributed by atoms with van der Waals surface area (Å²) in [5, 5.41) is 0. The van der Waals surface area contributed by atoms with Gasteiger partial charge in [-0.05, 0) is 45.4 Å². The summed E-state index contributed by atoms with van der Waals surface area (Å²) in [7, 11) is 2.55. The molecule has 1 rings (SSSR count). The monoisotopic (exact) mass is 159 g/mol. The summed E-state index contributed by atoms with van der Waals surface area (Å²) in [6.45, 7) is 7.47. The molecular weight excluding hydrogens is 141 g/mol. The number of piperidine rings is 1. The molecule has 0 aliphatic carbocycles. The van der Waals surface area contributed by atoms with Crippen LogP contribution in [-0.2, 0) is 0 Å². The van der Waals surface area contributed by atoms with Gasteiger partial charge in [0.15, 0.2) is 0 Å². The van der Waals surface area contributed by atoms with Gasteiger partial charge in [0.2, 0.25) is 0 Å². The predicted octanol–water partition coefficient (Wildman–Crippen LogP) is 1.82. The second-order valence-corrected chi connectivity index (χ2v) is 6.18. The zero-order valence-corrected chi connectivity index (χ0v) is 8.19. The molecule has 0 radical (unpaired) electrons. The average Bonchev–Trinajstić information content (AvgIpc) is 1.88. The molecule has 0 spiro atoms. The zero-order chi connectivity index (χ0) is 7.56. The first-order valence-corrected chi connectivity index (χ1v) is 6.35. The Morgan fingerprint density at radius 1 is 1.40 bits per heavy atom. The third-order valence-corrected chi connectivity index (χ3v) is 4.21. The van der Waals surface area contributed by atoms with Crippen LogP contribution in [0.15, 0.2) is 0 Å². The van der Waals surface area contributed by atoms with E-state index in [1.165, 1.54) is 25.9 Å². The highest BCUT2D eigenvalue weighted by Gasteiger charge is 2.18. The van der Waals surface area contributed by atoms with E-state index >= 15 is 0 Å². The first kappa shape index (κ1) is 8.49. The minimum Gasteiger partial charge on any atom is -0.306 e. The molecule has 60 valence electrons.